The molecule has 0 saturated carbocycles. The summed E-state index contributed by atoms with van der Waals surface area (Å²) in [4.78, 5) is 15.3. The van der Waals surface area contributed by atoms with Crippen LogP contribution in [0.5, 0.6) is 0 Å². The Morgan fingerprint density at radius 3 is 2.86 bits per heavy atom. The predicted molar refractivity (Wildman–Crippen MR) is 83.0 cm³/mol. The van der Waals surface area contributed by atoms with E-state index in [9.17, 15) is 4.79 Å². The number of amides is 1. The van der Waals surface area contributed by atoms with Crippen molar-refractivity contribution in [2.45, 2.75) is 13.0 Å². The Kier molecular flexibility index (Phi) is 3.71. The lowest BCUT2D eigenvalue weighted by molar-refractivity contribution is -0.115. The van der Waals surface area contributed by atoms with Crippen LogP contribution in [0.1, 0.15) is 11.1 Å². The van der Waals surface area contributed by atoms with Gasteiger partial charge in [0.1, 0.15) is 0 Å². The number of anilines is 1. The highest BCUT2D eigenvalue weighted by Gasteiger charge is 2.09. The normalized spacial score (nSPS) is 10.7. The average molecular weight is 280 g/mol. The standard InChI is InChI=1S/C17H16N2O2/c20-11-12-4-3-5-14(8-12)19-17(21)9-13-10-18-16-7-2-1-6-15(13)16/h1-8,10,18,20H,9,11H2,(H,19,21). The van der Waals surface area contributed by atoms with Gasteiger partial charge in [0.05, 0.1) is 13.0 Å². The number of aliphatic hydroxyl groups excluding tert-OH is 1. The smallest absolute Gasteiger partial charge is 0.228 e. The van der Waals surface area contributed by atoms with E-state index >= 15 is 0 Å². The van der Waals surface area contributed by atoms with Gasteiger partial charge in [-0.3, -0.25) is 4.79 Å². The second kappa shape index (κ2) is 5.81. The number of hydrogen-bond donors (Lipinski definition) is 3. The van der Waals surface area contributed by atoms with Gasteiger partial charge in [0.2, 0.25) is 5.91 Å². The highest BCUT2D eigenvalue weighted by Crippen LogP contribution is 2.19. The largest absolute Gasteiger partial charge is 0.392 e. The lowest BCUT2D eigenvalue weighted by Gasteiger charge is -2.06. The van der Waals surface area contributed by atoms with Gasteiger partial charge < -0.3 is 15.4 Å². The highest BCUT2D eigenvalue weighted by molar-refractivity contribution is 5.95. The van der Waals surface area contributed by atoms with E-state index in [0.717, 1.165) is 22.0 Å². The number of nitrogens with one attached hydrogen (secondary N) is 2. The first-order valence-electron chi connectivity index (χ1n) is 6.81. The Morgan fingerprint density at radius 1 is 1.14 bits per heavy atom. The van der Waals surface area contributed by atoms with Crippen molar-refractivity contribution in [1.82, 2.24) is 4.98 Å². The molecule has 0 saturated heterocycles. The molecule has 0 aliphatic heterocycles. The number of para-hydroxylation sites is 1. The van der Waals surface area contributed by atoms with E-state index in [-0.39, 0.29) is 12.5 Å². The number of rotatable bonds is 4. The molecule has 0 bridgehead atoms. The van der Waals surface area contributed by atoms with Gasteiger partial charge in [-0.2, -0.15) is 0 Å². The molecular weight excluding hydrogens is 264 g/mol. The molecule has 1 amide bonds. The maximum absolute atomic E-state index is 12.1. The first kappa shape index (κ1) is 13.4. The molecule has 0 aliphatic rings. The first-order chi connectivity index (χ1) is 10.3. The average Bonchev–Trinajstić information content (AvgIpc) is 2.91. The Labute approximate surface area is 122 Å². The van der Waals surface area contributed by atoms with Crippen molar-refractivity contribution in [3.63, 3.8) is 0 Å². The zero-order chi connectivity index (χ0) is 14.7. The number of carbonyl (C=O) groups is 1. The van der Waals surface area contributed by atoms with Gasteiger partial charge in [-0.15, -0.1) is 0 Å². The van der Waals surface area contributed by atoms with Gasteiger partial charge in [0, 0.05) is 22.8 Å². The third-order valence-electron chi connectivity index (χ3n) is 3.42. The topological polar surface area (TPSA) is 65.1 Å². The Morgan fingerprint density at radius 2 is 2.00 bits per heavy atom. The third kappa shape index (κ3) is 2.95. The van der Waals surface area contributed by atoms with Crippen molar-refractivity contribution in [2.75, 3.05) is 5.32 Å². The van der Waals surface area contributed by atoms with Crippen LogP contribution >= 0.6 is 0 Å². The summed E-state index contributed by atoms with van der Waals surface area (Å²) in [6.45, 7) is -0.0356. The van der Waals surface area contributed by atoms with Crippen LogP contribution in [0.4, 0.5) is 5.69 Å². The quantitative estimate of drug-likeness (QED) is 0.688. The molecule has 0 fully saturated rings. The monoisotopic (exact) mass is 280 g/mol. The molecule has 3 aromatic rings. The van der Waals surface area contributed by atoms with Crippen molar-refractivity contribution in [3.8, 4) is 0 Å². The molecule has 4 nitrogen and oxygen atoms in total. The van der Waals surface area contributed by atoms with Crippen LogP contribution in [0.25, 0.3) is 10.9 Å². The van der Waals surface area contributed by atoms with Crippen molar-refractivity contribution >= 4 is 22.5 Å². The zero-order valence-electron chi connectivity index (χ0n) is 11.5. The molecule has 0 radical (unpaired) electrons. The number of aliphatic hydroxyl groups is 1. The first-order valence-corrected chi connectivity index (χ1v) is 6.81. The Balaban J connectivity index is 1.74. The third-order valence-corrected chi connectivity index (χ3v) is 3.42. The zero-order valence-corrected chi connectivity index (χ0v) is 11.5. The van der Waals surface area contributed by atoms with Gasteiger partial charge in [-0.05, 0) is 29.3 Å². The van der Waals surface area contributed by atoms with E-state index < -0.39 is 0 Å². The maximum Gasteiger partial charge on any atom is 0.228 e. The minimum absolute atomic E-state index is 0.0356. The molecule has 4 heteroatoms. The Hall–Kier alpha value is -2.59. The van der Waals surface area contributed by atoms with Crippen LogP contribution in [0, 0.1) is 0 Å². The molecule has 0 aliphatic carbocycles. The molecule has 1 aromatic heterocycles. The summed E-state index contributed by atoms with van der Waals surface area (Å²) in [5.74, 6) is -0.0742. The minimum atomic E-state index is -0.0742. The molecular formula is C17H16N2O2. The molecule has 3 rings (SSSR count). The van der Waals surface area contributed by atoms with Crippen molar-refractivity contribution < 1.29 is 9.90 Å². The van der Waals surface area contributed by atoms with Crippen LogP contribution in [0.15, 0.2) is 54.7 Å². The van der Waals surface area contributed by atoms with Crippen molar-refractivity contribution in [2.24, 2.45) is 0 Å². The second-order valence-corrected chi connectivity index (χ2v) is 4.94. The van der Waals surface area contributed by atoms with E-state index in [0.29, 0.717) is 12.1 Å². The summed E-state index contributed by atoms with van der Waals surface area (Å²) < 4.78 is 0. The van der Waals surface area contributed by atoms with Crippen LogP contribution in [0.3, 0.4) is 0 Å². The molecule has 1 heterocycles. The molecule has 21 heavy (non-hydrogen) atoms. The fourth-order valence-corrected chi connectivity index (χ4v) is 2.40. The number of benzene rings is 2. The van der Waals surface area contributed by atoms with Gasteiger partial charge in [-0.1, -0.05) is 30.3 Å². The maximum atomic E-state index is 12.1. The van der Waals surface area contributed by atoms with Crippen LogP contribution in [0.2, 0.25) is 0 Å². The summed E-state index contributed by atoms with van der Waals surface area (Å²) in [5, 5.41) is 13.0. The van der Waals surface area contributed by atoms with Crippen molar-refractivity contribution in [1.29, 1.82) is 0 Å². The molecule has 2 aromatic carbocycles. The van der Waals surface area contributed by atoms with E-state index in [1.54, 1.807) is 6.07 Å². The van der Waals surface area contributed by atoms with Gasteiger partial charge in [0.15, 0.2) is 0 Å². The number of fused-ring (bicyclic) bond motifs is 1. The minimum Gasteiger partial charge on any atom is -0.392 e. The summed E-state index contributed by atoms with van der Waals surface area (Å²) in [6.07, 6.45) is 2.18. The molecule has 3 N–H and O–H groups in total. The van der Waals surface area contributed by atoms with E-state index in [4.69, 9.17) is 5.11 Å². The fraction of sp³-hybridized carbons (Fsp3) is 0.118. The molecule has 0 atom stereocenters. The number of carbonyl (C=O) groups excluding carboxylic acids is 1. The van der Waals surface area contributed by atoms with Gasteiger partial charge in [0.25, 0.3) is 0 Å². The number of aromatic amines is 1. The Bertz CT molecular complexity index is 777. The summed E-state index contributed by atoms with van der Waals surface area (Å²) in [7, 11) is 0. The molecule has 0 spiro atoms. The lowest BCUT2D eigenvalue weighted by Crippen LogP contribution is -2.14. The van der Waals surface area contributed by atoms with E-state index in [1.165, 1.54) is 0 Å². The lowest BCUT2D eigenvalue weighted by atomic mass is 10.1. The van der Waals surface area contributed by atoms with Crippen molar-refractivity contribution in [3.05, 3.63) is 65.9 Å². The number of hydrogen-bond acceptors (Lipinski definition) is 2. The SMILES string of the molecule is O=C(Cc1c[nH]c2ccccc12)Nc1cccc(CO)c1. The summed E-state index contributed by atoms with van der Waals surface area (Å²) in [5.41, 5.74) is 3.48. The number of aromatic nitrogens is 1. The molecule has 106 valence electrons. The van der Waals surface area contributed by atoms with E-state index in [1.807, 2.05) is 48.7 Å². The second-order valence-electron chi connectivity index (χ2n) is 4.94. The van der Waals surface area contributed by atoms with Crippen LogP contribution in [-0.4, -0.2) is 16.0 Å². The fourth-order valence-electron chi connectivity index (χ4n) is 2.40. The summed E-state index contributed by atoms with van der Waals surface area (Å²) >= 11 is 0. The van der Waals surface area contributed by atoms with Crippen LogP contribution in [-0.2, 0) is 17.8 Å². The summed E-state index contributed by atoms with van der Waals surface area (Å²) in [6, 6.07) is 15.1. The van der Waals surface area contributed by atoms with Gasteiger partial charge in [-0.25, -0.2) is 0 Å². The van der Waals surface area contributed by atoms with Crippen LogP contribution < -0.4 is 5.32 Å². The highest BCUT2D eigenvalue weighted by atomic mass is 16.3. The predicted octanol–water partition coefficient (Wildman–Crippen LogP) is 2.84. The molecule has 0 unspecified atom stereocenters. The van der Waals surface area contributed by atoms with E-state index in [2.05, 4.69) is 10.3 Å². The van der Waals surface area contributed by atoms with Gasteiger partial charge >= 0.3 is 0 Å². The number of H-pyrrole nitrogens is 1.